The summed E-state index contributed by atoms with van der Waals surface area (Å²) in [7, 11) is 0. The number of amides is 1. The van der Waals surface area contributed by atoms with Crippen molar-refractivity contribution >= 4 is 11.7 Å². The van der Waals surface area contributed by atoms with Crippen LogP contribution in [0.2, 0.25) is 0 Å². The zero-order valence-electron chi connectivity index (χ0n) is 10.1. The smallest absolute Gasteiger partial charge is 0.254 e. The lowest BCUT2D eigenvalue weighted by Gasteiger charge is -2.28. The molecule has 1 aromatic heterocycles. The molecule has 2 rings (SSSR count). The first-order valence-corrected chi connectivity index (χ1v) is 5.90. The summed E-state index contributed by atoms with van der Waals surface area (Å²) in [4.78, 5) is 19.9. The number of hydrogen-bond acceptors (Lipinski definition) is 4. The highest BCUT2D eigenvalue weighted by molar-refractivity contribution is 5.92. The minimum atomic E-state index is -0.441. The molecule has 1 aromatic rings. The van der Waals surface area contributed by atoms with Gasteiger partial charge in [0.25, 0.3) is 5.91 Å². The van der Waals surface area contributed by atoms with Gasteiger partial charge in [0.1, 0.15) is 6.10 Å². The van der Waals surface area contributed by atoms with Gasteiger partial charge in [-0.15, -0.1) is 0 Å². The highest BCUT2D eigenvalue weighted by atomic mass is 16.5. The Labute approximate surface area is 101 Å². The summed E-state index contributed by atoms with van der Waals surface area (Å²) in [6.45, 7) is 3.61. The van der Waals surface area contributed by atoms with E-state index in [0.717, 1.165) is 18.5 Å². The van der Waals surface area contributed by atoms with E-state index in [1.54, 1.807) is 19.3 Å². The normalized spacial score (nSPS) is 17.3. The average molecular weight is 235 g/mol. The van der Waals surface area contributed by atoms with Crippen LogP contribution in [0, 0.1) is 6.92 Å². The molecule has 0 saturated heterocycles. The summed E-state index contributed by atoms with van der Waals surface area (Å²) < 4.78 is 5.58. The zero-order valence-corrected chi connectivity index (χ0v) is 10.1. The Balaban J connectivity index is 1.84. The Kier molecular flexibility index (Phi) is 3.68. The number of carbonyl (C=O) groups excluding carboxylic acids is 1. The standard InChI is InChI=1S/C12H17N3O2/c1-8-6-14-11(7-13-8)15-12(16)9(2)17-10-4-3-5-10/h6-7,9-10H,3-5H2,1-2H3,(H,14,15,16). The van der Waals surface area contributed by atoms with Gasteiger partial charge in [-0.05, 0) is 33.1 Å². The summed E-state index contributed by atoms with van der Waals surface area (Å²) in [5.41, 5.74) is 0.821. The minimum Gasteiger partial charge on any atom is -0.365 e. The first-order chi connectivity index (χ1) is 8.15. The molecule has 1 heterocycles. The lowest BCUT2D eigenvalue weighted by molar-refractivity contribution is -0.133. The van der Waals surface area contributed by atoms with Gasteiger partial charge >= 0.3 is 0 Å². The molecule has 1 fully saturated rings. The molecule has 5 nitrogen and oxygen atoms in total. The van der Waals surface area contributed by atoms with Gasteiger partial charge in [-0.3, -0.25) is 9.78 Å². The Hall–Kier alpha value is -1.49. The minimum absolute atomic E-state index is 0.171. The molecule has 17 heavy (non-hydrogen) atoms. The van der Waals surface area contributed by atoms with Crippen molar-refractivity contribution in [3.05, 3.63) is 18.1 Å². The Morgan fingerprint density at radius 1 is 1.47 bits per heavy atom. The SMILES string of the molecule is Cc1cnc(NC(=O)C(C)OC2CCC2)cn1. The Morgan fingerprint density at radius 3 is 2.76 bits per heavy atom. The molecule has 1 aliphatic rings. The number of anilines is 1. The summed E-state index contributed by atoms with van der Waals surface area (Å²) >= 11 is 0. The number of nitrogens with zero attached hydrogens (tertiary/aromatic N) is 2. The monoisotopic (exact) mass is 235 g/mol. The summed E-state index contributed by atoms with van der Waals surface area (Å²) in [5.74, 6) is 0.291. The predicted octanol–water partition coefficient (Wildman–Crippen LogP) is 1.68. The van der Waals surface area contributed by atoms with E-state index < -0.39 is 6.10 Å². The fraction of sp³-hybridized carbons (Fsp3) is 0.583. The van der Waals surface area contributed by atoms with Gasteiger partial charge in [-0.2, -0.15) is 0 Å². The number of hydrogen-bond donors (Lipinski definition) is 1. The van der Waals surface area contributed by atoms with Crippen LogP contribution >= 0.6 is 0 Å². The molecule has 92 valence electrons. The van der Waals surface area contributed by atoms with Crippen molar-refractivity contribution in [2.75, 3.05) is 5.32 Å². The maximum absolute atomic E-state index is 11.8. The van der Waals surface area contributed by atoms with E-state index in [0.29, 0.717) is 5.82 Å². The quantitative estimate of drug-likeness (QED) is 0.862. The van der Waals surface area contributed by atoms with E-state index >= 15 is 0 Å². The van der Waals surface area contributed by atoms with E-state index in [9.17, 15) is 4.79 Å². The fourth-order valence-corrected chi connectivity index (χ4v) is 1.54. The van der Waals surface area contributed by atoms with Crippen molar-refractivity contribution in [2.45, 2.75) is 45.3 Å². The molecule has 1 aliphatic carbocycles. The van der Waals surface area contributed by atoms with Crippen LogP contribution in [0.5, 0.6) is 0 Å². The lowest BCUT2D eigenvalue weighted by Crippen LogP contribution is -2.34. The molecule has 1 amide bonds. The molecule has 0 bridgehead atoms. The molecule has 0 aliphatic heterocycles. The molecule has 1 N–H and O–H groups in total. The highest BCUT2D eigenvalue weighted by Gasteiger charge is 2.24. The van der Waals surface area contributed by atoms with Gasteiger partial charge < -0.3 is 10.1 Å². The van der Waals surface area contributed by atoms with Crippen LogP contribution in [0.25, 0.3) is 0 Å². The third kappa shape index (κ3) is 3.23. The number of rotatable bonds is 4. The van der Waals surface area contributed by atoms with Crippen LogP contribution in [0.3, 0.4) is 0 Å². The second kappa shape index (κ2) is 5.23. The van der Waals surface area contributed by atoms with Gasteiger partial charge in [-0.25, -0.2) is 4.98 Å². The number of aromatic nitrogens is 2. The molecule has 5 heteroatoms. The molecular formula is C12H17N3O2. The number of nitrogens with one attached hydrogen (secondary N) is 1. The van der Waals surface area contributed by atoms with E-state index in [-0.39, 0.29) is 12.0 Å². The van der Waals surface area contributed by atoms with E-state index in [1.807, 2.05) is 6.92 Å². The van der Waals surface area contributed by atoms with Crippen molar-refractivity contribution in [2.24, 2.45) is 0 Å². The Bertz CT molecular complexity index is 387. The van der Waals surface area contributed by atoms with Gasteiger partial charge in [-0.1, -0.05) is 0 Å². The molecule has 0 aromatic carbocycles. The zero-order chi connectivity index (χ0) is 12.3. The largest absolute Gasteiger partial charge is 0.365 e. The van der Waals surface area contributed by atoms with Crippen LogP contribution in [-0.2, 0) is 9.53 Å². The summed E-state index contributed by atoms with van der Waals surface area (Å²) in [6, 6.07) is 0. The van der Waals surface area contributed by atoms with Crippen LogP contribution in [0.4, 0.5) is 5.82 Å². The lowest BCUT2D eigenvalue weighted by atomic mass is 9.96. The summed E-state index contributed by atoms with van der Waals surface area (Å²) in [6.07, 6.45) is 6.28. The van der Waals surface area contributed by atoms with Gasteiger partial charge in [0.05, 0.1) is 24.2 Å². The van der Waals surface area contributed by atoms with Crippen LogP contribution in [-0.4, -0.2) is 28.1 Å². The Morgan fingerprint density at radius 2 is 2.24 bits per heavy atom. The number of ether oxygens (including phenoxy) is 1. The second-order valence-corrected chi connectivity index (χ2v) is 4.36. The van der Waals surface area contributed by atoms with Gasteiger partial charge in [0.15, 0.2) is 5.82 Å². The van der Waals surface area contributed by atoms with Crippen molar-refractivity contribution in [3.63, 3.8) is 0 Å². The predicted molar refractivity (Wildman–Crippen MR) is 63.6 cm³/mol. The first kappa shape index (κ1) is 12.0. The highest BCUT2D eigenvalue weighted by Crippen LogP contribution is 2.23. The van der Waals surface area contributed by atoms with E-state index in [1.165, 1.54) is 6.42 Å². The third-order valence-electron chi connectivity index (χ3n) is 2.85. The molecule has 1 saturated carbocycles. The molecular weight excluding hydrogens is 218 g/mol. The second-order valence-electron chi connectivity index (χ2n) is 4.36. The van der Waals surface area contributed by atoms with Crippen LogP contribution in [0.15, 0.2) is 12.4 Å². The molecule has 0 radical (unpaired) electrons. The molecule has 0 spiro atoms. The molecule has 1 atom stereocenters. The van der Waals surface area contributed by atoms with Gasteiger partial charge in [0.2, 0.25) is 0 Å². The number of aryl methyl sites for hydroxylation is 1. The maximum atomic E-state index is 11.8. The maximum Gasteiger partial charge on any atom is 0.254 e. The van der Waals surface area contributed by atoms with E-state index in [2.05, 4.69) is 15.3 Å². The van der Waals surface area contributed by atoms with E-state index in [4.69, 9.17) is 4.74 Å². The molecule has 1 unspecified atom stereocenters. The third-order valence-corrected chi connectivity index (χ3v) is 2.85. The first-order valence-electron chi connectivity index (χ1n) is 5.90. The van der Waals surface area contributed by atoms with Crippen molar-refractivity contribution < 1.29 is 9.53 Å². The van der Waals surface area contributed by atoms with Gasteiger partial charge in [0, 0.05) is 0 Å². The van der Waals surface area contributed by atoms with Crippen molar-refractivity contribution in [1.29, 1.82) is 0 Å². The summed E-state index contributed by atoms with van der Waals surface area (Å²) in [5, 5.41) is 2.68. The van der Waals surface area contributed by atoms with Crippen LogP contribution in [0.1, 0.15) is 31.9 Å². The van der Waals surface area contributed by atoms with Crippen molar-refractivity contribution in [1.82, 2.24) is 9.97 Å². The average Bonchev–Trinajstić information content (AvgIpc) is 2.26. The topological polar surface area (TPSA) is 64.1 Å². The van der Waals surface area contributed by atoms with Crippen molar-refractivity contribution in [3.8, 4) is 0 Å². The van der Waals surface area contributed by atoms with Crippen LogP contribution < -0.4 is 5.32 Å². The number of carbonyl (C=O) groups is 1. The fourth-order valence-electron chi connectivity index (χ4n) is 1.54.